The molecule has 0 saturated carbocycles. The molecule has 0 aliphatic rings. The summed E-state index contributed by atoms with van der Waals surface area (Å²) in [6.07, 6.45) is 1.63. The average Bonchev–Trinajstić information content (AvgIpc) is 3.24. The molecule has 2 aromatic heterocycles. The molecule has 0 radical (unpaired) electrons. The van der Waals surface area contributed by atoms with Gasteiger partial charge in [-0.05, 0) is 63.3 Å². The van der Waals surface area contributed by atoms with Crippen molar-refractivity contribution in [3.8, 4) is 11.3 Å². The summed E-state index contributed by atoms with van der Waals surface area (Å²) in [5.41, 5.74) is 5.47. The van der Waals surface area contributed by atoms with Gasteiger partial charge in [-0.25, -0.2) is 4.98 Å². The van der Waals surface area contributed by atoms with Crippen LogP contribution >= 0.6 is 18.7 Å². The SMILES string of the molecule is CN(C)CCN(C)c1ccc(-c2cc3c(Nc4ccccc4P(C)(C)=O)c(Cl)cnc3[nH]2)cc1. The van der Waals surface area contributed by atoms with E-state index in [1.807, 2.05) is 24.3 Å². The van der Waals surface area contributed by atoms with E-state index in [4.69, 9.17) is 11.6 Å². The number of para-hydroxylation sites is 1. The van der Waals surface area contributed by atoms with Crippen molar-refractivity contribution in [3.63, 3.8) is 0 Å². The Morgan fingerprint density at radius 1 is 1.03 bits per heavy atom. The minimum atomic E-state index is -2.47. The number of nitrogens with one attached hydrogen (secondary N) is 2. The zero-order valence-electron chi connectivity index (χ0n) is 20.3. The lowest BCUT2D eigenvalue weighted by Gasteiger charge is -2.21. The van der Waals surface area contributed by atoms with Crippen LogP contribution in [0.3, 0.4) is 0 Å². The maximum atomic E-state index is 12.8. The van der Waals surface area contributed by atoms with Crippen molar-refractivity contribution in [1.82, 2.24) is 14.9 Å². The Morgan fingerprint density at radius 2 is 1.74 bits per heavy atom. The molecule has 0 aliphatic carbocycles. The molecule has 2 heterocycles. The molecule has 2 aromatic carbocycles. The van der Waals surface area contributed by atoms with Gasteiger partial charge in [0.15, 0.2) is 0 Å². The molecule has 0 saturated heterocycles. The number of pyridine rings is 1. The van der Waals surface area contributed by atoms with Crippen LogP contribution in [0.2, 0.25) is 5.02 Å². The summed E-state index contributed by atoms with van der Waals surface area (Å²) in [4.78, 5) is 12.3. The quantitative estimate of drug-likeness (QED) is 0.299. The minimum Gasteiger partial charge on any atom is -0.373 e. The van der Waals surface area contributed by atoms with Gasteiger partial charge in [0.25, 0.3) is 0 Å². The van der Waals surface area contributed by atoms with Gasteiger partial charge in [-0.3, -0.25) is 0 Å². The summed E-state index contributed by atoms with van der Waals surface area (Å²) < 4.78 is 12.8. The van der Waals surface area contributed by atoms with Crippen molar-refractivity contribution in [1.29, 1.82) is 0 Å². The van der Waals surface area contributed by atoms with E-state index in [1.165, 1.54) is 5.69 Å². The molecule has 0 bridgehead atoms. The highest BCUT2D eigenvalue weighted by molar-refractivity contribution is 7.70. The molecule has 178 valence electrons. The standard InChI is InChI=1S/C26H31ClN5OP/c1-31(2)14-15-32(3)19-12-10-18(11-13-19)23-16-20-25(21(27)17-28-26(20)30-23)29-22-8-6-7-9-24(22)34(4,5)33/h6-13,16-17H,14-15H2,1-5H3,(H2,28,29,30). The Hall–Kier alpha value is -2.79. The highest BCUT2D eigenvalue weighted by Gasteiger charge is 2.18. The van der Waals surface area contributed by atoms with E-state index in [9.17, 15) is 4.57 Å². The van der Waals surface area contributed by atoms with E-state index in [0.717, 1.165) is 52.1 Å². The van der Waals surface area contributed by atoms with Crippen molar-refractivity contribution >= 4 is 52.1 Å². The highest BCUT2D eigenvalue weighted by atomic mass is 35.5. The zero-order valence-corrected chi connectivity index (χ0v) is 21.9. The first-order chi connectivity index (χ1) is 16.1. The van der Waals surface area contributed by atoms with Crippen molar-refractivity contribution in [2.24, 2.45) is 0 Å². The molecule has 4 rings (SSSR count). The summed E-state index contributed by atoms with van der Waals surface area (Å²) in [7, 11) is 3.80. The number of benzene rings is 2. The van der Waals surface area contributed by atoms with E-state index in [-0.39, 0.29) is 0 Å². The number of anilines is 3. The van der Waals surface area contributed by atoms with E-state index in [0.29, 0.717) is 5.02 Å². The first kappa shape index (κ1) is 24.3. The van der Waals surface area contributed by atoms with E-state index in [2.05, 4.69) is 76.6 Å². The van der Waals surface area contributed by atoms with Gasteiger partial charge in [-0.1, -0.05) is 35.9 Å². The second-order valence-corrected chi connectivity index (χ2v) is 12.8. The van der Waals surface area contributed by atoms with Gasteiger partial charge in [-0.15, -0.1) is 0 Å². The van der Waals surface area contributed by atoms with Crippen LogP contribution in [0.15, 0.2) is 60.8 Å². The van der Waals surface area contributed by atoms with Crippen LogP contribution in [-0.4, -0.2) is 62.4 Å². The molecule has 0 atom stereocenters. The number of fused-ring (bicyclic) bond motifs is 1. The van der Waals surface area contributed by atoms with Gasteiger partial charge < -0.3 is 24.7 Å². The number of likely N-dealkylation sites (N-methyl/N-ethyl adjacent to an activating group) is 2. The average molecular weight is 496 g/mol. The van der Waals surface area contributed by atoms with Gasteiger partial charge in [-0.2, -0.15) is 0 Å². The fourth-order valence-electron chi connectivity index (χ4n) is 3.89. The number of H-pyrrole nitrogens is 1. The molecule has 0 spiro atoms. The van der Waals surface area contributed by atoms with Gasteiger partial charge in [0.2, 0.25) is 0 Å². The van der Waals surface area contributed by atoms with Crippen molar-refractivity contribution in [3.05, 3.63) is 65.8 Å². The lowest BCUT2D eigenvalue weighted by molar-refractivity contribution is 0.416. The number of rotatable bonds is 8. The topological polar surface area (TPSA) is 64.3 Å². The summed E-state index contributed by atoms with van der Waals surface area (Å²) in [5, 5.41) is 5.61. The van der Waals surface area contributed by atoms with Crippen LogP contribution in [0.4, 0.5) is 17.1 Å². The second kappa shape index (κ2) is 9.83. The predicted octanol–water partition coefficient (Wildman–Crippen LogP) is 5.87. The number of aromatic nitrogens is 2. The summed E-state index contributed by atoms with van der Waals surface area (Å²) in [6, 6.07) is 18.2. The van der Waals surface area contributed by atoms with Crippen LogP contribution in [0.25, 0.3) is 22.3 Å². The van der Waals surface area contributed by atoms with Crippen molar-refractivity contribution in [2.75, 3.05) is 57.8 Å². The molecule has 4 aromatic rings. The normalized spacial score (nSPS) is 11.9. The lowest BCUT2D eigenvalue weighted by atomic mass is 10.1. The predicted molar refractivity (Wildman–Crippen MR) is 147 cm³/mol. The Morgan fingerprint density at radius 3 is 2.41 bits per heavy atom. The summed E-state index contributed by atoms with van der Waals surface area (Å²) >= 11 is 6.57. The molecule has 2 N–H and O–H groups in total. The first-order valence-electron chi connectivity index (χ1n) is 11.2. The Bertz CT molecular complexity index is 1340. The number of halogens is 1. The molecule has 0 unspecified atom stereocenters. The lowest BCUT2D eigenvalue weighted by Crippen LogP contribution is -2.28. The van der Waals surface area contributed by atoms with Crippen LogP contribution in [-0.2, 0) is 4.57 Å². The van der Waals surface area contributed by atoms with Gasteiger partial charge in [0.1, 0.15) is 12.8 Å². The molecule has 34 heavy (non-hydrogen) atoms. The summed E-state index contributed by atoms with van der Waals surface area (Å²) in [6.45, 7) is 5.50. The smallest absolute Gasteiger partial charge is 0.139 e. The Kier molecular flexibility index (Phi) is 7.04. The third kappa shape index (κ3) is 5.30. The molecule has 8 heteroatoms. The van der Waals surface area contributed by atoms with Gasteiger partial charge in [0.05, 0.1) is 16.9 Å². The monoisotopic (exact) mass is 495 g/mol. The Labute approximate surface area is 206 Å². The highest BCUT2D eigenvalue weighted by Crippen LogP contribution is 2.40. The van der Waals surface area contributed by atoms with Crippen molar-refractivity contribution < 1.29 is 4.57 Å². The second-order valence-electron chi connectivity index (χ2n) is 9.19. The minimum absolute atomic E-state index is 0.507. The number of hydrogen-bond donors (Lipinski definition) is 2. The van der Waals surface area contributed by atoms with Crippen LogP contribution in [0.1, 0.15) is 0 Å². The third-order valence-electron chi connectivity index (χ3n) is 5.86. The fourth-order valence-corrected chi connectivity index (χ4v) is 5.24. The fraction of sp³-hybridized carbons (Fsp3) is 0.269. The van der Waals surface area contributed by atoms with E-state index in [1.54, 1.807) is 19.5 Å². The van der Waals surface area contributed by atoms with Crippen LogP contribution < -0.4 is 15.5 Å². The first-order valence-corrected chi connectivity index (χ1v) is 14.2. The number of nitrogens with zero attached hydrogens (tertiary/aromatic N) is 3. The van der Waals surface area contributed by atoms with Gasteiger partial charge in [0, 0.05) is 47.9 Å². The van der Waals surface area contributed by atoms with Crippen LogP contribution in [0.5, 0.6) is 0 Å². The molecule has 6 nitrogen and oxygen atoms in total. The van der Waals surface area contributed by atoms with Crippen molar-refractivity contribution in [2.45, 2.75) is 0 Å². The summed E-state index contributed by atoms with van der Waals surface area (Å²) in [5.74, 6) is 0. The van der Waals surface area contributed by atoms with E-state index < -0.39 is 7.14 Å². The van der Waals surface area contributed by atoms with E-state index >= 15 is 0 Å². The molecule has 0 amide bonds. The molecular weight excluding hydrogens is 465 g/mol. The zero-order chi connectivity index (χ0) is 24.5. The van der Waals surface area contributed by atoms with Gasteiger partial charge >= 0.3 is 0 Å². The number of hydrogen-bond acceptors (Lipinski definition) is 5. The maximum Gasteiger partial charge on any atom is 0.139 e. The molecule has 0 aliphatic heterocycles. The Balaban J connectivity index is 1.66. The third-order valence-corrected chi connectivity index (χ3v) is 7.69. The molecular formula is C26H31ClN5OP. The largest absolute Gasteiger partial charge is 0.373 e. The number of aromatic amines is 1. The van der Waals surface area contributed by atoms with Crippen LogP contribution in [0, 0.1) is 0 Å². The maximum absolute atomic E-state index is 12.8. The molecule has 0 fully saturated rings.